The third kappa shape index (κ3) is 3.84. The number of nitrogens with one attached hydrogen (secondary N) is 1. The molecule has 2 nitrogen and oxygen atoms in total. The number of hydrogen-bond acceptors (Lipinski definition) is 2. The van der Waals surface area contributed by atoms with E-state index in [1.807, 2.05) is 18.2 Å². The highest BCUT2D eigenvalue weighted by Crippen LogP contribution is 2.23. The van der Waals surface area contributed by atoms with Gasteiger partial charge >= 0.3 is 0 Å². The van der Waals surface area contributed by atoms with Gasteiger partial charge in [-0.2, -0.15) is 0 Å². The van der Waals surface area contributed by atoms with Crippen LogP contribution in [0.5, 0.6) is 5.75 Å². The molecule has 3 aromatic carbocycles. The maximum Gasteiger partial charge on any atom is 0.118 e. The van der Waals surface area contributed by atoms with Crippen molar-refractivity contribution in [2.45, 2.75) is 19.0 Å². The normalized spacial score (nSPS) is 12.0. The Morgan fingerprint density at radius 1 is 1.00 bits per heavy atom. The first kappa shape index (κ1) is 16.3. The summed E-state index contributed by atoms with van der Waals surface area (Å²) in [6, 6.07) is 23.6. The molecule has 1 N–H and O–H groups in total. The van der Waals surface area contributed by atoms with E-state index in [0.717, 1.165) is 18.7 Å². The monoisotopic (exact) mass is 317 g/mol. The van der Waals surface area contributed by atoms with Crippen molar-refractivity contribution in [3.8, 4) is 5.75 Å². The molecule has 0 aliphatic rings. The molecule has 2 heteroatoms. The highest BCUT2D eigenvalue weighted by Gasteiger charge is 2.10. The minimum Gasteiger partial charge on any atom is -0.497 e. The molecule has 0 amide bonds. The van der Waals surface area contributed by atoms with E-state index in [2.05, 4.69) is 66.5 Å². The van der Waals surface area contributed by atoms with Crippen LogP contribution in [-0.2, 0) is 6.54 Å². The van der Waals surface area contributed by atoms with Gasteiger partial charge < -0.3 is 10.1 Å². The third-order valence-electron chi connectivity index (χ3n) is 4.29. The van der Waals surface area contributed by atoms with Gasteiger partial charge in [0.1, 0.15) is 5.75 Å². The SMILES string of the molecule is C=CC[C@@H](NCc1ccc(OC)cc1)c1ccc2ccccc2c1. The maximum absolute atomic E-state index is 5.21. The van der Waals surface area contributed by atoms with Crippen molar-refractivity contribution in [2.75, 3.05) is 7.11 Å². The Bertz CT molecular complexity index is 808. The lowest BCUT2D eigenvalue weighted by Gasteiger charge is -2.18. The van der Waals surface area contributed by atoms with Gasteiger partial charge in [0, 0.05) is 12.6 Å². The molecule has 0 heterocycles. The summed E-state index contributed by atoms with van der Waals surface area (Å²) in [5.41, 5.74) is 2.53. The lowest BCUT2D eigenvalue weighted by Crippen LogP contribution is -2.20. The first-order valence-electron chi connectivity index (χ1n) is 8.26. The molecule has 24 heavy (non-hydrogen) atoms. The molecule has 0 saturated carbocycles. The first-order valence-corrected chi connectivity index (χ1v) is 8.26. The van der Waals surface area contributed by atoms with E-state index in [1.54, 1.807) is 7.11 Å². The van der Waals surface area contributed by atoms with Crippen molar-refractivity contribution in [1.29, 1.82) is 0 Å². The Morgan fingerprint density at radius 2 is 1.75 bits per heavy atom. The molecule has 122 valence electrons. The molecule has 3 aromatic rings. The molecular formula is C22H23NO. The lowest BCUT2D eigenvalue weighted by molar-refractivity contribution is 0.414. The maximum atomic E-state index is 5.21. The fraction of sp³-hybridized carbons (Fsp3) is 0.182. The van der Waals surface area contributed by atoms with Gasteiger partial charge in [-0.15, -0.1) is 6.58 Å². The number of rotatable bonds is 7. The molecule has 0 aliphatic carbocycles. The van der Waals surface area contributed by atoms with Crippen LogP contribution in [-0.4, -0.2) is 7.11 Å². The molecular weight excluding hydrogens is 294 g/mol. The summed E-state index contributed by atoms with van der Waals surface area (Å²) >= 11 is 0. The fourth-order valence-corrected chi connectivity index (χ4v) is 2.91. The topological polar surface area (TPSA) is 21.3 Å². The second-order valence-electron chi connectivity index (χ2n) is 5.91. The largest absolute Gasteiger partial charge is 0.497 e. The van der Waals surface area contributed by atoms with Crippen molar-refractivity contribution in [3.63, 3.8) is 0 Å². The van der Waals surface area contributed by atoms with Gasteiger partial charge in [-0.05, 0) is 46.5 Å². The number of methoxy groups -OCH3 is 1. The van der Waals surface area contributed by atoms with E-state index in [1.165, 1.54) is 21.9 Å². The molecule has 1 atom stereocenters. The Kier molecular flexibility index (Phi) is 5.29. The van der Waals surface area contributed by atoms with E-state index in [4.69, 9.17) is 4.74 Å². The number of hydrogen-bond donors (Lipinski definition) is 1. The predicted molar refractivity (Wildman–Crippen MR) is 101 cm³/mol. The molecule has 0 bridgehead atoms. The van der Waals surface area contributed by atoms with Crippen LogP contribution in [0.1, 0.15) is 23.6 Å². The van der Waals surface area contributed by atoms with E-state index >= 15 is 0 Å². The van der Waals surface area contributed by atoms with Crippen molar-refractivity contribution < 1.29 is 4.74 Å². The second-order valence-corrected chi connectivity index (χ2v) is 5.91. The highest BCUT2D eigenvalue weighted by molar-refractivity contribution is 5.83. The first-order chi connectivity index (χ1) is 11.8. The van der Waals surface area contributed by atoms with Gasteiger partial charge in [-0.1, -0.05) is 54.6 Å². The predicted octanol–water partition coefficient (Wildman–Crippen LogP) is 5.26. The van der Waals surface area contributed by atoms with Crippen molar-refractivity contribution in [2.24, 2.45) is 0 Å². The van der Waals surface area contributed by atoms with Gasteiger partial charge in [0.05, 0.1) is 7.11 Å². The van der Waals surface area contributed by atoms with Crippen LogP contribution in [0.2, 0.25) is 0 Å². The number of ether oxygens (including phenoxy) is 1. The molecule has 0 aliphatic heterocycles. The zero-order valence-corrected chi connectivity index (χ0v) is 14.0. The Morgan fingerprint density at radius 3 is 2.46 bits per heavy atom. The van der Waals surface area contributed by atoms with Gasteiger partial charge in [0.25, 0.3) is 0 Å². The van der Waals surface area contributed by atoms with E-state index < -0.39 is 0 Å². The van der Waals surface area contributed by atoms with E-state index in [-0.39, 0.29) is 6.04 Å². The smallest absolute Gasteiger partial charge is 0.118 e. The van der Waals surface area contributed by atoms with Gasteiger partial charge in [0.15, 0.2) is 0 Å². The summed E-state index contributed by atoms with van der Waals surface area (Å²) in [7, 11) is 1.69. The van der Waals surface area contributed by atoms with Crippen molar-refractivity contribution in [1.82, 2.24) is 5.32 Å². The third-order valence-corrected chi connectivity index (χ3v) is 4.29. The summed E-state index contributed by atoms with van der Waals surface area (Å²) < 4.78 is 5.21. The van der Waals surface area contributed by atoms with Crippen LogP contribution in [0.4, 0.5) is 0 Å². The summed E-state index contributed by atoms with van der Waals surface area (Å²) in [6.07, 6.45) is 2.87. The Hall–Kier alpha value is -2.58. The summed E-state index contributed by atoms with van der Waals surface area (Å²) in [4.78, 5) is 0. The molecule has 0 radical (unpaired) electrons. The van der Waals surface area contributed by atoms with Crippen LogP contribution in [0.25, 0.3) is 10.8 Å². The van der Waals surface area contributed by atoms with Crippen LogP contribution in [0.15, 0.2) is 79.4 Å². The van der Waals surface area contributed by atoms with Gasteiger partial charge in [-0.3, -0.25) is 0 Å². The van der Waals surface area contributed by atoms with Crippen molar-refractivity contribution in [3.05, 3.63) is 90.5 Å². The minimum atomic E-state index is 0.259. The van der Waals surface area contributed by atoms with Crippen LogP contribution in [0.3, 0.4) is 0 Å². The van der Waals surface area contributed by atoms with Crippen LogP contribution >= 0.6 is 0 Å². The van der Waals surface area contributed by atoms with Gasteiger partial charge in [-0.25, -0.2) is 0 Å². The zero-order chi connectivity index (χ0) is 16.8. The molecule has 0 aromatic heterocycles. The second kappa shape index (κ2) is 7.80. The standard InChI is InChI=1S/C22H23NO/c1-3-6-22(23-16-17-9-13-21(24-2)14-10-17)20-12-11-18-7-4-5-8-19(18)15-20/h3-5,7-15,22-23H,1,6,16H2,2H3/t22-/m1/s1. The Labute approximate surface area is 143 Å². The van der Waals surface area contributed by atoms with Crippen molar-refractivity contribution >= 4 is 10.8 Å². The van der Waals surface area contributed by atoms with Gasteiger partial charge in [0.2, 0.25) is 0 Å². The average molecular weight is 317 g/mol. The molecule has 3 rings (SSSR count). The molecule has 0 unspecified atom stereocenters. The lowest BCUT2D eigenvalue weighted by atomic mass is 9.99. The van der Waals surface area contributed by atoms with E-state index in [9.17, 15) is 0 Å². The van der Waals surface area contributed by atoms with Crippen LogP contribution < -0.4 is 10.1 Å². The summed E-state index contributed by atoms with van der Waals surface area (Å²) in [5.74, 6) is 0.885. The highest BCUT2D eigenvalue weighted by atomic mass is 16.5. The number of benzene rings is 3. The quantitative estimate of drug-likeness (QED) is 0.600. The van der Waals surface area contributed by atoms with Crippen LogP contribution in [0, 0.1) is 0 Å². The van der Waals surface area contributed by atoms with E-state index in [0.29, 0.717) is 0 Å². The molecule has 0 saturated heterocycles. The number of fused-ring (bicyclic) bond motifs is 1. The Balaban J connectivity index is 1.76. The summed E-state index contributed by atoms with van der Waals surface area (Å²) in [6.45, 7) is 4.72. The molecule has 0 fully saturated rings. The molecule has 0 spiro atoms. The average Bonchev–Trinajstić information content (AvgIpc) is 2.65. The fourth-order valence-electron chi connectivity index (χ4n) is 2.91. The minimum absolute atomic E-state index is 0.259. The zero-order valence-electron chi connectivity index (χ0n) is 14.0. The summed E-state index contributed by atoms with van der Waals surface area (Å²) in [5, 5.41) is 6.19.